The molecule has 2 fully saturated rings. The summed E-state index contributed by atoms with van der Waals surface area (Å²) in [4.78, 5) is 46.6. The fourth-order valence-corrected chi connectivity index (χ4v) is 5.29. The van der Waals surface area contributed by atoms with Crippen molar-refractivity contribution in [3.63, 3.8) is 0 Å². The molecule has 3 aromatic rings. The highest BCUT2D eigenvalue weighted by Crippen LogP contribution is 2.30. The number of piperazine rings is 1. The minimum atomic E-state index is -0.808. The molecule has 1 aliphatic heterocycles. The Morgan fingerprint density at radius 2 is 1.54 bits per heavy atom. The number of hydrogen-bond donors (Lipinski definition) is 3. The number of carbonyl (C=O) groups is 3. The molecule has 1 saturated carbocycles. The Balaban J connectivity index is 1.33. The second-order valence-electron chi connectivity index (χ2n) is 10.5. The van der Waals surface area contributed by atoms with Gasteiger partial charge in [-0.1, -0.05) is 0 Å². The normalized spacial score (nSPS) is 19.0. The Labute approximate surface area is 236 Å². The van der Waals surface area contributed by atoms with Crippen molar-refractivity contribution in [2.75, 3.05) is 36.4 Å². The molecule has 2 heterocycles. The van der Waals surface area contributed by atoms with Crippen LogP contribution in [0.5, 0.6) is 0 Å². The Bertz CT molecular complexity index is 1400. The number of anilines is 2. The van der Waals surface area contributed by atoms with E-state index in [1.807, 2.05) is 4.90 Å². The fourth-order valence-electron chi connectivity index (χ4n) is 5.29. The highest BCUT2D eigenvalue weighted by Gasteiger charge is 2.26. The van der Waals surface area contributed by atoms with Crippen LogP contribution in [0.1, 0.15) is 56.8 Å². The molecule has 4 N–H and O–H groups in total. The lowest BCUT2D eigenvalue weighted by atomic mass is 9.91. The first-order chi connectivity index (χ1) is 19.8. The summed E-state index contributed by atoms with van der Waals surface area (Å²) < 4.78 is 27.3. The van der Waals surface area contributed by atoms with Gasteiger partial charge in [0.25, 0.3) is 17.7 Å². The maximum atomic E-state index is 13.7. The number of halogens is 2. The third-order valence-electron chi connectivity index (χ3n) is 7.55. The Morgan fingerprint density at radius 1 is 0.829 bits per heavy atom. The highest BCUT2D eigenvalue weighted by atomic mass is 19.1. The van der Waals surface area contributed by atoms with Crippen molar-refractivity contribution < 1.29 is 23.2 Å². The molecule has 11 heteroatoms. The molecule has 214 valence electrons. The van der Waals surface area contributed by atoms with E-state index >= 15 is 0 Å². The minimum absolute atomic E-state index is 0.0457. The molecule has 0 unspecified atom stereocenters. The molecule has 5 rings (SSSR count). The van der Waals surface area contributed by atoms with Crippen molar-refractivity contribution in [2.24, 2.45) is 5.73 Å². The Hall–Kier alpha value is -4.38. The predicted octanol–water partition coefficient (Wildman–Crippen LogP) is 3.57. The van der Waals surface area contributed by atoms with Crippen molar-refractivity contribution >= 4 is 29.1 Å². The molecule has 0 atom stereocenters. The first-order valence-electron chi connectivity index (χ1n) is 13.7. The van der Waals surface area contributed by atoms with Crippen LogP contribution in [-0.2, 0) is 0 Å². The SMILES string of the molecule is NC1CCC(NC(=O)c2ccc(N3CCN(C(=O)c4cc(F)cc(F)c4)CC3)c(NC(=O)c3cccnc3)c2)CC1. The maximum absolute atomic E-state index is 13.7. The molecule has 0 spiro atoms. The molecular weight excluding hydrogens is 530 g/mol. The number of nitrogens with two attached hydrogens (primary N) is 1. The van der Waals surface area contributed by atoms with Gasteiger partial charge >= 0.3 is 0 Å². The van der Waals surface area contributed by atoms with E-state index in [1.54, 1.807) is 36.5 Å². The van der Waals surface area contributed by atoms with E-state index in [-0.39, 0.29) is 29.5 Å². The quantitative estimate of drug-likeness (QED) is 0.423. The molecule has 2 aliphatic rings. The van der Waals surface area contributed by atoms with E-state index in [4.69, 9.17) is 5.73 Å². The van der Waals surface area contributed by atoms with Crippen molar-refractivity contribution in [1.29, 1.82) is 0 Å². The zero-order chi connectivity index (χ0) is 28.9. The Morgan fingerprint density at radius 3 is 2.20 bits per heavy atom. The number of amides is 3. The number of aromatic nitrogens is 1. The van der Waals surface area contributed by atoms with Crippen molar-refractivity contribution in [1.82, 2.24) is 15.2 Å². The number of benzene rings is 2. The van der Waals surface area contributed by atoms with Gasteiger partial charge in [0.2, 0.25) is 0 Å². The van der Waals surface area contributed by atoms with Gasteiger partial charge < -0.3 is 26.2 Å². The van der Waals surface area contributed by atoms with Crippen LogP contribution < -0.4 is 21.3 Å². The first-order valence-corrected chi connectivity index (χ1v) is 13.7. The summed E-state index contributed by atoms with van der Waals surface area (Å²) in [5, 5.41) is 6.00. The summed E-state index contributed by atoms with van der Waals surface area (Å²) in [7, 11) is 0. The van der Waals surface area contributed by atoms with E-state index in [9.17, 15) is 23.2 Å². The molecule has 0 bridgehead atoms. The third-order valence-corrected chi connectivity index (χ3v) is 7.55. The summed E-state index contributed by atoms with van der Waals surface area (Å²) in [6, 6.07) is 11.4. The zero-order valence-corrected chi connectivity index (χ0v) is 22.5. The fraction of sp³-hybridized carbons (Fsp3) is 0.333. The second-order valence-corrected chi connectivity index (χ2v) is 10.5. The summed E-state index contributed by atoms with van der Waals surface area (Å²) >= 11 is 0. The average Bonchev–Trinajstić information content (AvgIpc) is 2.98. The largest absolute Gasteiger partial charge is 0.366 e. The summed E-state index contributed by atoms with van der Waals surface area (Å²) in [6.45, 7) is 1.43. The van der Waals surface area contributed by atoms with E-state index in [2.05, 4.69) is 15.6 Å². The van der Waals surface area contributed by atoms with Gasteiger partial charge in [-0.05, 0) is 68.1 Å². The van der Waals surface area contributed by atoms with Crippen LogP contribution in [0.15, 0.2) is 60.9 Å². The van der Waals surface area contributed by atoms with Crippen LogP contribution in [0, 0.1) is 11.6 Å². The smallest absolute Gasteiger partial charge is 0.257 e. The Kier molecular flexibility index (Phi) is 8.53. The number of nitrogens with one attached hydrogen (secondary N) is 2. The van der Waals surface area contributed by atoms with Crippen LogP contribution in [0.2, 0.25) is 0 Å². The molecule has 1 saturated heterocycles. The van der Waals surface area contributed by atoms with Crippen molar-refractivity contribution in [3.05, 3.63) is 89.2 Å². The predicted molar refractivity (Wildman–Crippen MR) is 151 cm³/mol. The molecule has 0 radical (unpaired) electrons. The van der Waals surface area contributed by atoms with E-state index in [0.29, 0.717) is 48.7 Å². The first kappa shape index (κ1) is 28.2. The number of carbonyl (C=O) groups excluding carboxylic acids is 3. The zero-order valence-electron chi connectivity index (χ0n) is 22.5. The number of pyridine rings is 1. The standard InChI is InChI=1S/C30H32F2N6O3/c31-22-14-21(15-23(32)17-22)30(41)38-12-10-37(11-13-38)27-8-3-19(28(39)35-25-6-4-24(33)5-7-25)16-26(27)36-29(40)20-2-1-9-34-18-20/h1-3,8-9,14-18,24-25H,4-7,10-13,33H2,(H,35,39)(H,36,40). The number of hydrogen-bond acceptors (Lipinski definition) is 6. The van der Waals surface area contributed by atoms with Gasteiger partial charge in [0.15, 0.2) is 0 Å². The van der Waals surface area contributed by atoms with Gasteiger partial charge in [0.1, 0.15) is 11.6 Å². The molecular formula is C30H32F2N6O3. The van der Waals surface area contributed by atoms with E-state index < -0.39 is 17.5 Å². The van der Waals surface area contributed by atoms with Crippen LogP contribution in [-0.4, -0.2) is 65.9 Å². The van der Waals surface area contributed by atoms with Crippen molar-refractivity contribution in [3.8, 4) is 0 Å². The third kappa shape index (κ3) is 6.86. The minimum Gasteiger partial charge on any atom is -0.366 e. The molecule has 2 aromatic carbocycles. The van der Waals surface area contributed by atoms with Gasteiger partial charge in [-0.2, -0.15) is 0 Å². The molecule has 9 nitrogen and oxygen atoms in total. The van der Waals surface area contributed by atoms with Gasteiger partial charge in [0.05, 0.1) is 16.9 Å². The topological polar surface area (TPSA) is 121 Å². The molecule has 41 heavy (non-hydrogen) atoms. The molecule has 1 aromatic heterocycles. The second kappa shape index (κ2) is 12.4. The summed E-state index contributed by atoms with van der Waals surface area (Å²) in [5.74, 6) is -2.68. The molecule has 1 aliphatic carbocycles. The van der Waals surface area contributed by atoms with E-state index in [0.717, 1.165) is 43.9 Å². The lowest BCUT2D eigenvalue weighted by Crippen LogP contribution is -2.49. The van der Waals surface area contributed by atoms with Crippen molar-refractivity contribution in [2.45, 2.75) is 37.8 Å². The van der Waals surface area contributed by atoms with Gasteiger partial charge in [-0.3, -0.25) is 19.4 Å². The lowest BCUT2D eigenvalue weighted by molar-refractivity contribution is 0.0745. The number of rotatable bonds is 6. The van der Waals surface area contributed by atoms with Gasteiger partial charge in [-0.25, -0.2) is 8.78 Å². The summed E-state index contributed by atoms with van der Waals surface area (Å²) in [6.07, 6.45) is 6.39. The van der Waals surface area contributed by atoms with Crippen LogP contribution >= 0.6 is 0 Å². The van der Waals surface area contributed by atoms with Gasteiger partial charge in [0, 0.05) is 67.8 Å². The van der Waals surface area contributed by atoms with Crippen LogP contribution in [0.4, 0.5) is 20.2 Å². The lowest BCUT2D eigenvalue weighted by Gasteiger charge is -2.37. The summed E-state index contributed by atoms with van der Waals surface area (Å²) in [5.41, 5.74) is 7.86. The highest BCUT2D eigenvalue weighted by molar-refractivity contribution is 6.07. The van der Waals surface area contributed by atoms with Gasteiger partial charge in [-0.15, -0.1) is 0 Å². The van der Waals surface area contributed by atoms with E-state index in [1.165, 1.54) is 11.1 Å². The van der Waals surface area contributed by atoms with Crippen LogP contribution in [0.25, 0.3) is 0 Å². The molecule has 3 amide bonds. The maximum Gasteiger partial charge on any atom is 0.257 e. The average molecular weight is 563 g/mol. The monoisotopic (exact) mass is 562 g/mol. The van der Waals surface area contributed by atoms with Crippen LogP contribution in [0.3, 0.4) is 0 Å². The number of nitrogens with zero attached hydrogens (tertiary/aromatic N) is 3.